The van der Waals surface area contributed by atoms with Crippen LogP contribution in [0.5, 0.6) is 74.7 Å². The molecule has 0 aromatic heterocycles. The summed E-state index contributed by atoms with van der Waals surface area (Å²) >= 11 is 0. The highest BCUT2D eigenvalue weighted by Crippen LogP contribution is 2.61. The van der Waals surface area contributed by atoms with Crippen molar-refractivity contribution in [2.45, 2.75) is 36.1 Å². The Morgan fingerprint density at radius 1 is 0.304 bits per heavy atom. The van der Waals surface area contributed by atoms with Crippen molar-refractivity contribution in [1.82, 2.24) is 0 Å². The van der Waals surface area contributed by atoms with Crippen LogP contribution in [0.25, 0.3) is 12.2 Å². The standard InChI is InChI=1S/C56H42O13/c57-34-9-3-27(4-10-34)1-2-28-17-42(64)50-45(18-28)69-56(48(50)32-21-39(62)26-40(63)22-32)41-15-16-44-52(53(41)66)49(55(67-44)30-7-13-36(59)14-8-30)33-23-43(65)51-46(24-33)68-54(29-5-11-35(58)12-6-29)47(51)31-19-37(60)25-38(61)20-31/h1-26,47-49,54-66H/t47-,48-,49-,54+,55+,56+/m0/s1. The second-order valence-corrected chi connectivity index (χ2v) is 17.5. The summed E-state index contributed by atoms with van der Waals surface area (Å²) in [4.78, 5) is 0. The van der Waals surface area contributed by atoms with E-state index >= 15 is 0 Å². The normalized spacial score (nSPS) is 19.9. The Hall–Kier alpha value is -9.10. The second-order valence-electron chi connectivity index (χ2n) is 17.5. The van der Waals surface area contributed by atoms with E-state index < -0.39 is 36.1 Å². The maximum atomic E-state index is 12.8. The minimum Gasteiger partial charge on any atom is -0.508 e. The van der Waals surface area contributed by atoms with Crippen LogP contribution in [0.4, 0.5) is 0 Å². The first-order valence-corrected chi connectivity index (χ1v) is 22.0. The molecule has 11 rings (SSSR count). The summed E-state index contributed by atoms with van der Waals surface area (Å²) in [5.41, 5.74) is 5.24. The number of phenolic OH excluding ortho intramolecular Hbond substituents is 10. The number of hydrogen-bond donors (Lipinski definition) is 10. The van der Waals surface area contributed by atoms with Crippen molar-refractivity contribution in [2.24, 2.45) is 0 Å². The molecule has 10 N–H and O–H groups in total. The maximum absolute atomic E-state index is 12.8. The molecule has 6 atom stereocenters. The molecule has 0 fully saturated rings. The van der Waals surface area contributed by atoms with Crippen molar-refractivity contribution in [3.8, 4) is 74.7 Å². The minimum absolute atomic E-state index is 0.0213. The first-order valence-electron chi connectivity index (χ1n) is 22.0. The van der Waals surface area contributed by atoms with E-state index in [4.69, 9.17) is 14.2 Å². The van der Waals surface area contributed by atoms with Crippen LogP contribution in [0.15, 0.2) is 146 Å². The van der Waals surface area contributed by atoms with Crippen LogP contribution >= 0.6 is 0 Å². The number of fused-ring (bicyclic) bond motifs is 3. The van der Waals surface area contributed by atoms with Gasteiger partial charge >= 0.3 is 0 Å². The van der Waals surface area contributed by atoms with Crippen LogP contribution in [0.3, 0.4) is 0 Å². The lowest BCUT2D eigenvalue weighted by Gasteiger charge is -2.24. The van der Waals surface area contributed by atoms with Gasteiger partial charge in [-0.1, -0.05) is 48.6 Å². The summed E-state index contributed by atoms with van der Waals surface area (Å²) in [6.45, 7) is 0. The molecule has 13 heteroatoms. The van der Waals surface area contributed by atoms with Crippen molar-refractivity contribution in [1.29, 1.82) is 0 Å². The van der Waals surface area contributed by atoms with Gasteiger partial charge in [0.1, 0.15) is 93.1 Å². The summed E-state index contributed by atoms with van der Waals surface area (Å²) < 4.78 is 20.1. The Bertz CT molecular complexity index is 3310. The van der Waals surface area contributed by atoms with Gasteiger partial charge in [-0.2, -0.15) is 0 Å². The predicted octanol–water partition coefficient (Wildman–Crippen LogP) is 10.7. The highest BCUT2D eigenvalue weighted by molar-refractivity contribution is 5.74. The van der Waals surface area contributed by atoms with Gasteiger partial charge < -0.3 is 65.3 Å². The van der Waals surface area contributed by atoms with Crippen molar-refractivity contribution in [3.05, 3.63) is 207 Å². The highest BCUT2D eigenvalue weighted by Gasteiger charge is 2.47. The number of ether oxygens (including phenoxy) is 3. The Balaban J connectivity index is 1.05. The Morgan fingerprint density at radius 2 is 0.725 bits per heavy atom. The molecule has 0 unspecified atom stereocenters. The molecule has 0 amide bonds. The van der Waals surface area contributed by atoms with E-state index in [0.29, 0.717) is 55.8 Å². The lowest BCUT2D eigenvalue weighted by molar-refractivity contribution is 0.216. The smallest absolute Gasteiger partial charge is 0.138 e. The number of benzene rings is 8. The van der Waals surface area contributed by atoms with Crippen molar-refractivity contribution in [3.63, 3.8) is 0 Å². The lowest BCUT2D eigenvalue weighted by atomic mass is 9.79. The number of aromatic hydroxyl groups is 10. The summed E-state index contributed by atoms with van der Waals surface area (Å²) in [7, 11) is 0. The molecule has 69 heavy (non-hydrogen) atoms. The van der Waals surface area contributed by atoms with Gasteiger partial charge in [-0.3, -0.25) is 0 Å². The van der Waals surface area contributed by atoms with Crippen LogP contribution in [-0.4, -0.2) is 51.1 Å². The molecule has 3 heterocycles. The largest absolute Gasteiger partial charge is 0.508 e. The zero-order valence-corrected chi connectivity index (χ0v) is 36.2. The number of phenols is 10. The summed E-state index contributed by atoms with van der Waals surface area (Å²) in [6.07, 6.45) is 0.902. The zero-order valence-electron chi connectivity index (χ0n) is 36.2. The average molecular weight is 923 g/mol. The molecule has 8 aromatic rings. The fourth-order valence-electron chi connectivity index (χ4n) is 10.2. The van der Waals surface area contributed by atoms with E-state index in [1.54, 1.807) is 91.0 Å². The third kappa shape index (κ3) is 7.55. The van der Waals surface area contributed by atoms with Crippen LogP contribution in [-0.2, 0) is 0 Å². The predicted molar refractivity (Wildman–Crippen MR) is 253 cm³/mol. The van der Waals surface area contributed by atoms with Gasteiger partial charge in [0.2, 0.25) is 0 Å². The molecule has 3 aliphatic rings. The molecule has 0 aliphatic carbocycles. The van der Waals surface area contributed by atoms with Gasteiger partial charge in [0.25, 0.3) is 0 Å². The van der Waals surface area contributed by atoms with Gasteiger partial charge in [0, 0.05) is 34.4 Å². The molecule has 0 bridgehead atoms. The van der Waals surface area contributed by atoms with E-state index in [0.717, 1.165) is 5.56 Å². The summed E-state index contributed by atoms with van der Waals surface area (Å²) in [5, 5.41) is 109. The molecule has 0 spiro atoms. The van der Waals surface area contributed by atoms with E-state index in [1.807, 2.05) is 6.08 Å². The van der Waals surface area contributed by atoms with Gasteiger partial charge in [-0.15, -0.1) is 0 Å². The van der Waals surface area contributed by atoms with Crippen LogP contribution < -0.4 is 14.2 Å². The van der Waals surface area contributed by atoms with Crippen molar-refractivity contribution in [2.75, 3.05) is 0 Å². The van der Waals surface area contributed by atoms with Crippen molar-refractivity contribution < 1.29 is 65.3 Å². The first kappa shape index (κ1) is 42.5. The Labute approximate surface area is 393 Å². The van der Waals surface area contributed by atoms with Crippen LogP contribution in [0, 0.1) is 0 Å². The molecule has 0 radical (unpaired) electrons. The maximum Gasteiger partial charge on any atom is 0.138 e. The summed E-state index contributed by atoms with van der Waals surface area (Å²) in [6, 6.07) is 37.6. The SMILES string of the molecule is Oc1ccc(C=Cc2cc(O)c3c(c2)O[C@H](c2ccc4c(c2O)[C@H](c2cc(O)c5c(c2)O[C@H](c2ccc(O)cc2)[C@H]5c2cc(O)cc(O)c2)[C@@H](c2ccc(O)cc2)O4)[C@H]3c2cc(O)cc(O)c2)cc1. The van der Waals surface area contributed by atoms with Gasteiger partial charge in [-0.25, -0.2) is 0 Å². The van der Waals surface area contributed by atoms with Gasteiger partial charge in [0.15, 0.2) is 0 Å². The quantitative estimate of drug-likeness (QED) is 0.0640. The third-order valence-corrected chi connectivity index (χ3v) is 13.1. The molecular formula is C56H42O13. The van der Waals surface area contributed by atoms with Crippen LogP contribution in [0.1, 0.15) is 97.3 Å². The van der Waals surface area contributed by atoms with E-state index in [2.05, 4.69) is 0 Å². The second kappa shape index (κ2) is 16.3. The fraction of sp³-hybridized carbons (Fsp3) is 0.107. The average Bonchev–Trinajstić information content (AvgIpc) is 4.02. The molecule has 13 nitrogen and oxygen atoms in total. The minimum atomic E-state index is -1.05. The lowest BCUT2D eigenvalue weighted by Crippen LogP contribution is -2.14. The molecule has 344 valence electrons. The van der Waals surface area contributed by atoms with E-state index in [-0.39, 0.29) is 74.6 Å². The highest BCUT2D eigenvalue weighted by atomic mass is 16.5. The number of rotatable bonds is 8. The molecular weight excluding hydrogens is 881 g/mol. The molecule has 3 aliphatic heterocycles. The van der Waals surface area contributed by atoms with Gasteiger partial charge in [0.05, 0.1) is 17.8 Å². The third-order valence-electron chi connectivity index (χ3n) is 13.1. The zero-order chi connectivity index (χ0) is 47.8. The first-order chi connectivity index (χ1) is 33.3. The van der Waals surface area contributed by atoms with E-state index in [9.17, 15) is 51.1 Å². The van der Waals surface area contributed by atoms with Crippen LogP contribution in [0.2, 0.25) is 0 Å². The molecule has 0 saturated carbocycles. The number of hydrogen-bond acceptors (Lipinski definition) is 13. The summed E-state index contributed by atoms with van der Waals surface area (Å²) in [5.74, 6) is -2.85. The molecule has 8 aromatic carbocycles. The monoisotopic (exact) mass is 922 g/mol. The Kier molecular flexibility index (Phi) is 10.1. The van der Waals surface area contributed by atoms with Crippen molar-refractivity contribution >= 4 is 12.2 Å². The fourth-order valence-corrected chi connectivity index (χ4v) is 10.2. The van der Waals surface area contributed by atoms with Gasteiger partial charge in [-0.05, 0) is 136 Å². The topological polar surface area (TPSA) is 230 Å². The Morgan fingerprint density at radius 3 is 1.28 bits per heavy atom. The van der Waals surface area contributed by atoms with E-state index in [1.165, 1.54) is 60.7 Å². The molecule has 0 saturated heterocycles.